The lowest BCUT2D eigenvalue weighted by atomic mass is 9.73. The Morgan fingerprint density at radius 1 is 0.571 bits per heavy atom. The zero-order valence-electron chi connectivity index (χ0n) is 15.1. The standard InChI is InChI=1S/C26H16N2/c1-3-11-19-17(9-1)18-10-2-4-12-20(18)26(19)21-13-5-7-15-23(21)28-24-16-8-6-14-22(24)27-25(26)28/h1-16H. The molecule has 0 unspecified atom stereocenters. The van der Waals surface area contributed by atoms with Crippen molar-refractivity contribution >= 4 is 11.0 Å². The molecule has 5 aromatic rings. The van der Waals surface area contributed by atoms with Gasteiger partial charge in [-0.25, -0.2) is 4.98 Å². The second-order valence-electron chi connectivity index (χ2n) is 7.62. The summed E-state index contributed by atoms with van der Waals surface area (Å²) in [5, 5.41) is 0. The maximum absolute atomic E-state index is 5.20. The summed E-state index contributed by atoms with van der Waals surface area (Å²) in [4.78, 5) is 5.20. The van der Waals surface area contributed by atoms with Crippen LogP contribution >= 0.6 is 0 Å². The summed E-state index contributed by atoms with van der Waals surface area (Å²) in [6, 6.07) is 34.9. The topological polar surface area (TPSA) is 17.8 Å². The van der Waals surface area contributed by atoms with Gasteiger partial charge in [0.15, 0.2) is 0 Å². The van der Waals surface area contributed by atoms with Crippen molar-refractivity contribution in [2.45, 2.75) is 5.41 Å². The van der Waals surface area contributed by atoms with Gasteiger partial charge in [-0.3, -0.25) is 4.57 Å². The number of imidazole rings is 1. The van der Waals surface area contributed by atoms with Crippen LogP contribution in [0.2, 0.25) is 0 Å². The molecule has 0 bridgehead atoms. The minimum Gasteiger partial charge on any atom is -0.295 e. The van der Waals surface area contributed by atoms with Crippen molar-refractivity contribution in [1.29, 1.82) is 0 Å². The molecule has 0 amide bonds. The van der Waals surface area contributed by atoms with E-state index in [9.17, 15) is 0 Å². The number of benzene rings is 4. The van der Waals surface area contributed by atoms with Crippen LogP contribution in [0.25, 0.3) is 27.8 Å². The molecule has 1 aliphatic heterocycles. The van der Waals surface area contributed by atoms with Crippen molar-refractivity contribution in [3.8, 4) is 16.8 Å². The van der Waals surface area contributed by atoms with Gasteiger partial charge in [-0.15, -0.1) is 0 Å². The van der Waals surface area contributed by atoms with Crippen LogP contribution in [0, 0.1) is 0 Å². The number of hydrogen-bond donors (Lipinski definition) is 0. The van der Waals surface area contributed by atoms with E-state index in [0.717, 1.165) is 11.3 Å². The van der Waals surface area contributed by atoms with Crippen molar-refractivity contribution in [1.82, 2.24) is 9.55 Å². The number of rotatable bonds is 0. The van der Waals surface area contributed by atoms with E-state index in [4.69, 9.17) is 4.98 Å². The monoisotopic (exact) mass is 356 g/mol. The van der Waals surface area contributed by atoms with Crippen molar-refractivity contribution < 1.29 is 0 Å². The van der Waals surface area contributed by atoms with Gasteiger partial charge in [-0.05, 0) is 46.0 Å². The Morgan fingerprint density at radius 3 is 1.89 bits per heavy atom. The van der Waals surface area contributed by atoms with Crippen LogP contribution < -0.4 is 0 Å². The van der Waals surface area contributed by atoms with E-state index in [1.807, 2.05) is 0 Å². The summed E-state index contributed by atoms with van der Waals surface area (Å²) in [6.45, 7) is 0. The fourth-order valence-electron chi connectivity index (χ4n) is 5.39. The summed E-state index contributed by atoms with van der Waals surface area (Å²) in [5.74, 6) is 1.10. The van der Waals surface area contributed by atoms with Gasteiger partial charge in [0.2, 0.25) is 0 Å². The fourth-order valence-corrected chi connectivity index (χ4v) is 5.39. The van der Waals surface area contributed by atoms with Crippen LogP contribution in [0.4, 0.5) is 0 Å². The molecule has 0 radical (unpaired) electrons. The van der Waals surface area contributed by atoms with E-state index in [-0.39, 0.29) is 5.41 Å². The Morgan fingerprint density at radius 2 is 1.14 bits per heavy atom. The largest absolute Gasteiger partial charge is 0.295 e. The summed E-state index contributed by atoms with van der Waals surface area (Å²) >= 11 is 0. The average molecular weight is 356 g/mol. The Bertz CT molecular complexity index is 1380. The highest BCUT2D eigenvalue weighted by atomic mass is 15.1. The first-order valence-electron chi connectivity index (χ1n) is 9.68. The van der Waals surface area contributed by atoms with Crippen LogP contribution in [-0.2, 0) is 5.41 Å². The van der Waals surface area contributed by atoms with Crippen LogP contribution in [-0.4, -0.2) is 9.55 Å². The molecular formula is C26H16N2. The minimum absolute atomic E-state index is 0.358. The summed E-state index contributed by atoms with van der Waals surface area (Å²) in [6.07, 6.45) is 0. The summed E-state index contributed by atoms with van der Waals surface area (Å²) in [7, 11) is 0. The Labute approximate surface area is 162 Å². The molecule has 7 rings (SSSR count). The molecule has 130 valence electrons. The second-order valence-corrected chi connectivity index (χ2v) is 7.62. The minimum atomic E-state index is -0.358. The van der Waals surface area contributed by atoms with Crippen LogP contribution in [0.15, 0.2) is 97.1 Å². The van der Waals surface area contributed by atoms with E-state index in [1.54, 1.807) is 0 Å². The lowest BCUT2D eigenvalue weighted by Gasteiger charge is -2.27. The van der Waals surface area contributed by atoms with Crippen LogP contribution in [0.1, 0.15) is 22.5 Å². The molecule has 4 aromatic carbocycles. The molecule has 0 saturated carbocycles. The number of nitrogens with zero attached hydrogens (tertiary/aromatic N) is 2. The molecule has 2 aliphatic rings. The Kier molecular flexibility index (Phi) is 2.47. The number of hydrogen-bond acceptors (Lipinski definition) is 1. The van der Waals surface area contributed by atoms with Gasteiger partial charge in [-0.2, -0.15) is 0 Å². The molecule has 0 atom stereocenters. The van der Waals surface area contributed by atoms with Gasteiger partial charge >= 0.3 is 0 Å². The average Bonchev–Trinajstić information content (AvgIpc) is 3.37. The number of aromatic nitrogens is 2. The van der Waals surface area contributed by atoms with Crippen molar-refractivity contribution in [2.24, 2.45) is 0 Å². The van der Waals surface area contributed by atoms with E-state index in [2.05, 4.69) is 102 Å². The Balaban J connectivity index is 1.76. The molecule has 28 heavy (non-hydrogen) atoms. The van der Waals surface area contributed by atoms with Gasteiger partial charge in [0.25, 0.3) is 0 Å². The zero-order valence-corrected chi connectivity index (χ0v) is 15.1. The molecule has 1 aliphatic carbocycles. The smallest absolute Gasteiger partial charge is 0.134 e. The Hall–Kier alpha value is -3.65. The van der Waals surface area contributed by atoms with Crippen LogP contribution in [0.5, 0.6) is 0 Å². The number of para-hydroxylation sites is 3. The zero-order chi connectivity index (χ0) is 18.3. The first-order chi connectivity index (χ1) is 13.9. The molecule has 0 fully saturated rings. The SMILES string of the molecule is c1ccc2c(c1)-c1ccccc1C21c2ccccc2-n2c1nc1ccccc12. The summed E-state index contributed by atoms with van der Waals surface area (Å²) in [5.41, 5.74) is 9.70. The quantitative estimate of drug-likeness (QED) is 0.341. The third-order valence-corrected chi connectivity index (χ3v) is 6.40. The molecule has 1 spiro atoms. The highest BCUT2D eigenvalue weighted by Crippen LogP contribution is 2.60. The first-order valence-corrected chi connectivity index (χ1v) is 9.68. The van der Waals surface area contributed by atoms with Crippen molar-refractivity contribution in [3.63, 3.8) is 0 Å². The highest BCUT2D eigenvalue weighted by molar-refractivity contribution is 5.91. The number of fused-ring (bicyclic) bond motifs is 12. The third-order valence-electron chi connectivity index (χ3n) is 6.40. The fraction of sp³-hybridized carbons (Fsp3) is 0.0385. The molecular weight excluding hydrogens is 340 g/mol. The van der Waals surface area contributed by atoms with Crippen molar-refractivity contribution in [2.75, 3.05) is 0 Å². The molecule has 2 heterocycles. The highest BCUT2D eigenvalue weighted by Gasteiger charge is 2.53. The second kappa shape index (κ2) is 4.79. The maximum atomic E-state index is 5.20. The molecule has 0 saturated heterocycles. The van der Waals surface area contributed by atoms with Crippen LogP contribution in [0.3, 0.4) is 0 Å². The maximum Gasteiger partial charge on any atom is 0.134 e. The van der Waals surface area contributed by atoms with E-state index >= 15 is 0 Å². The molecule has 0 N–H and O–H groups in total. The van der Waals surface area contributed by atoms with Gasteiger partial charge in [0.05, 0.1) is 16.7 Å². The van der Waals surface area contributed by atoms with E-state index in [0.29, 0.717) is 0 Å². The predicted molar refractivity (Wildman–Crippen MR) is 112 cm³/mol. The first kappa shape index (κ1) is 14.4. The summed E-state index contributed by atoms with van der Waals surface area (Å²) < 4.78 is 2.36. The van der Waals surface area contributed by atoms with Crippen molar-refractivity contribution in [3.05, 3.63) is 120 Å². The lowest BCUT2D eigenvalue weighted by molar-refractivity contribution is 0.738. The van der Waals surface area contributed by atoms with E-state index < -0.39 is 0 Å². The molecule has 1 aromatic heterocycles. The van der Waals surface area contributed by atoms with E-state index in [1.165, 1.54) is 39.0 Å². The molecule has 2 heteroatoms. The normalized spacial score (nSPS) is 14.7. The lowest BCUT2D eigenvalue weighted by Crippen LogP contribution is -2.27. The third kappa shape index (κ3) is 1.43. The van der Waals surface area contributed by atoms with Gasteiger partial charge in [-0.1, -0.05) is 78.9 Å². The van der Waals surface area contributed by atoms with Gasteiger partial charge in [0.1, 0.15) is 11.2 Å². The molecule has 2 nitrogen and oxygen atoms in total. The van der Waals surface area contributed by atoms with Gasteiger partial charge in [0, 0.05) is 0 Å². The predicted octanol–water partition coefficient (Wildman–Crippen LogP) is 5.70. The van der Waals surface area contributed by atoms with Gasteiger partial charge < -0.3 is 0 Å².